The molecule has 0 aliphatic carbocycles. The van der Waals surface area contributed by atoms with Crippen molar-refractivity contribution in [3.8, 4) is 0 Å². The summed E-state index contributed by atoms with van der Waals surface area (Å²) in [4.78, 5) is 14.8. The molecular formula is C27H20BrClFN3OS. The second-order valence-corrected chi connectivity index (χ2v) is 10.2. The highest BCUT2D eigenvalue weighted by atomic mass is 79.9. The molecule has 35 heavy (non-hydrogen) atoms. The minimum Gasteiger partial charge on any atom is -0.342 e. The maximum absolute atomic E-state index is 14.5. The largest absolute Gasteiger partial charge is 0.342 e. The van der Waals surface area contributed by atoms with E-state index in [1.165, 1.54) is 11.0 Å². The third-order valence-electron chi connectivity index (χ3n) is 6.19. The maximum Gasteiger partial charge on any atom is 0.281 e. The lowest BCUT2D eigenvalue weighted by molar-refractivity contribution is -0.113. The highest BCUT2D eigenvalue weighted by Gasteiger charge is 2.32. The summed E-state index contributed by atoms with van der Waals surface area (Å²) < 4.78 is 17.3. The molecule has 1 aliphatic rings. The second kappa shape index (κ2) is 9.22. The molecule has 4 nitrogen and oxygen atoms in total. The minimum atomic E-state index is -0.363. The van der Waals surface area contributed by atoms with Gasteiger partial charge in [-0.3, -0.25) is 9.69 Å². The summed E-state index contributed by atoms with van der Waals surface area (Å²) in [6, 6.07) is 16.3. The average Bonchev–Trinajstić information content (AvgIpc) is 3.28. The summed E-state index contributed by atoms with van der Waals surface area (Å²) in [6.07, 6.45) is 3.67. The van der Waals surface area contributed by atoms with Crippen molar-refractivity contribution >= 4 is 73.4 Å². The van der Waals surface area contributed by atoms with E-state index in [1.807, 2.05) is 61.0 Å². The molecule has 0 spiro atoms. The van der Waals surface area contributed by atoms with E-state index in [0.29, 0.717) is 21.4 Å². The van der Waals surface area contributed by atoms with Crippen molar-refractivity contribution in [2.45, 2.75) is 20.4 Å². The first-order chi connectivity index (χ1) is 16.7. The van der Waals surface area contributed by atoms with Crippen LogP contribution in [-0.4, -0.2) is 15.6 Å². The number of hydrogen-bond donors (Lipinski definition) is 1. The van der Waals surface area contributed by atoms with E-state index >= 15 is 0 Å². The van der Waals surface area contributed by atoms with Gasteiger partial charge >= 0.3 is 0 Å². The first-order valence-corrected chi connectivity index (χ1v) is 12.5. The van der Waals surface area contributed by atoms with Gasteiger partial charge in [-0.2, -0.15) is 0 Å². The van der Waals surface area contributed by atoms with Crippen LogP contribution in [0.25, 0.3) is 17.0 Å². The van der Waals surface area contributed by atoms with Gasteiger partial charge in [-0.25, -0.2) is 4.39 Å². The van der Waals surface area contributed by atoms with Crippen LogP contribution < -0.4 is 10.2 Å². The quantitative estimate of drug-likeness (QED) is 0.210. The van der Waals surface area contributed by atoms with E-state index in [-0.39, 0.29) is 18.3 Å². The normalized spacial score (nSPS) is 14.9. The highest BCUT2D eigenvalue weighted by molar-refractivity contribution is 9.10. The molecule has 176 valence electrons. The topological polar surface area (TPSA) is 37.3 Å². The lowest BCUT2D eigenvalue weighted by atomic mass is 10.1. The molecule has 1 aromatic heterocycles. The number of fused-ring (bicyclic) bond motifs is 1. The van der Waals surface area contributed by atoms with Gasteiger partial charge < -0.3 is 9.88 Å². The number of anilines is 1. The predicted octanol–water partition coefficient (Wildman–Crippen LogP) is 7.12. The highest BCUT2D eigenvalue weighted by Crippen LogP contribution is 2.31. The number of halogens is 3. The summed E-state index contributed by atoms with van der Waals surface area (Å²) in [5.74, 6) is -0.593. The molecule has 8 heteroatoms. The Kier molecular flexibility index (Phi) is 6.25. The minimum absolute atomic E-state index is 0.230. The average molecular weight is 569 g/mol. The van der Waals surface area contributed by atoms with Gasteiger partial charge in [-0.15, -0.1) is 0 Å². The van der Waals surface area contributed by atoms with Crippen molar-refractivity contribution in [2.75, 3.05) is 4.90 Å². The van der Waals surface area contributed by atoms with Crippen LogP contribution in [0.4, 0.5) is 10.1 Å². The molecule has 1 amide bonds. The van der Waals surface area contributed by atoms with Gasteiger partial charge in [0.2, 0.25) is 0 Å². The summed E-state index contributed by atoms with van der Waals surface area (Å²) in [5, 5.41) is 4.66. The number of nitrogens with zero attached hydrogens (tertiary/aromatic N) is 2. The lowest BCUT2D eigenvalue weighted by Gasteiger charge is -2.15. The summed E-state index contributed by atoms with van der Waals surface area (Å²) in [6.45, 7) is 4.28. The maximum atomic E-state index is 14.5. The van der Waals surface area contributed by atoms with Crippen molar-refractivity contribution in [2.24, 2.45) is 0 Å². The van der Waals surface area contributed by atoms with Gasteiger partial charge in [0.15, 0.2) is 5.11 Å². The van der Waals surface area contributed by atoms with Gasteiger partial charge in [0.25, 0.3) is 5.91 Å². The fourth-order valence-electron chi connectivity index (χ4n) is 4.19. The van der Waals surface area contributed by atoms with Crippen LogP contribution >= 0.6 is 39.7 Å². The van der Waals surface area contributed by atoms with Gasteiger partial charge in [-0.1, -0.05) is 39.7 Å². The molecule has 5 rings (SSSR count). The Hall–Kier alpha value is -3.00. The number of benzene rings is 3. The zero-order valence-corrected chi connectivity index (χ0v) is 22.1. The molecule has 4 aromatic rings. The number of hydrogen-bond acceptors (Lipinski definition) is 2. The Morgan fingerprint density at radius 2 is 1.91 bits per heavy atom. The van der Waals surface area contributed by atoms with Crippen LogP contribution in [0.15, 0.2) is 71.0 Å². The summed E-state index contributed by atoms with van der Waals surface area (Å²) in [5.41, 5.74) is 5.41. The fourth-order valence-corrected chi connectivity index (χ4v) is 5.07. The van der Waals surface area contributed by atoms with Crippen LogP contribution in [0.1, 0.15) is 22.3 Å². The van der Waals surface area contributed by atoms with E-state index in [2.05, 4.69) is 21.2 Å². The number of rotatable bonds is 4. The molecule has 0 bridgehead atoms. The summed E-state index contributed by atoms with van der Waals surface area (Å²) in [7, 11) is 0. The third kappa shape index (κ3) is 4.40. The standard InChI is InChI=1S/C27H20BrClFN3OS/c1-15-6-8-19(10-16(15)2)33-26(34)24(31-27(33)35)11-17-13-32(25-9-7-18(28)12-20(17)25)14-21-22(29)4-3-5-23(21)30/h3-13H,14H2,1-2H3,(H,31,35)/b24-11-. The van der Waals surface area contributed by atoms with E-state index in [4.69, 9.17) is 23.8 Å². The molecule has 1 aliphatic heterocycles. The van der Waals surface area contributed by atoms with Crippen molar-refractivity contribution in [3.05, 3.63) is 104 Å². The molecule has 1 N–H and O–H groups in total. The number of thiocarbonyl (C=S) groups is 1. The Morgan fingerprint density at radius 1 is 1.11 bits per heavy atom. The molecule has 2 heterocycles. The van der Waals surface area contributed by atoms with E-state index in [9.17, 15) is 9.18 Å². The molecule has 0 atom stereocenters. The van der Waals surface area contributed by atoms with Crippen LogP contribution in [0.2, 0.25) is 5.02 Å². The van der Waals surface area contributed by atoms with Crippen LogP contribution in [0, 0.1) is 19.7 Å². The first-order valence-electron chi connectivity index (χ1n) is 10.9. The van der Waals surface area contributed by atoms with Crippen molar-refractivity contribution in [1.29, 1.82) is 0 Å². The SMILES string of the molecule is Cc1ccc(N2C(=O)/C(=C/c3cn(Cc4c(F)cccc4Cl)c4ccc(Br)cc34)NC2=S)cc1C. The van der Waals surface area contributed by atoms with Crippen LogP contribution in [-0.2, 0) is 11.3 Å². The number of nitrogens with one attached hydrogen (secondary N) is 1. The Labute approximate surface area is 221 Å². The number of aromatic nitrogens is 1. The second-order valence-electron chi connectivity index (χ2n) is 8.47. The Morgan fingerprint density at radius 3 is 2.66 bits per heavy atom. The molecule has 1 saturated heterocycles. The van der Waals surface area contributed by atoms with Crippen molar-refractivity contribution in [1.82, 2.24) is 9.88 Å². The Bertz CT molecular complexity index is 1540. The number of carbonyl (C=O) groups excluding carboxylic acids is 1. The zero-order valence-electron chi connectivity index (χ0n) is 18.9. The first kappa shape index (κ1) is 23.7. The summed E-state index contributed by atoms with van der Waals surface area (Å²) >= 11 is 15.3. The molecule has 1 fully saturated rings. The molecule has 0 unspecified atom stereocenters. The number of carbonyl (C=O) groups is 1. The lowest BCUT2D eigenvalue weighted by Crippen LogP contribution is -2.30. The smallest absolute Gasteiger partial charge is 0.281 e. The third-order valence-corrected chi connectivity index (χ3v) is 7.32. The van der Waals surface area contributed by atoms with Crippen LogP contribution in [0.5, 0.6) is 0 Å². The van der Waals surface area contributed by atoms with Gasteiger partial charge in [0.05, 0.1) is 12.2 Å². The number of amides is 1. The number of aryl methyl sites for hydroxylation is 2. The monoisotopic (exact) mass is 567 g/mol. The van der Waals surface area contributed by atoms with Gasteiger partial charge in [-0.05, 0) is 85.7 Å². The van der Waals surface area contributed by atoms with E-state index in [0.717, 1.165) is 37.8 Å². The van der Waals surface area contributed by atoms with Gasteiger partial charge in [0, 0.05) is 37.7 Å². The molecular weight excluding hydrogens is 549 g/mol. The molecule has 0 radical (unpaired) electrons. The molecule has 3 aromatic carbocycles. The molecule has 0 saturated carbocycles. The van der Waals surface area contributed by atoms with Crippen LogP contribution in [0.3, 0.4) is 0 Å². The predicted molar refractivity (Wildman–Crippen MR) is 147 cm³/mol. The van der Waals surface area contributed by atoms with Crippen molar-refractivity contribution < 1.29 is 9.18 Å². The van der Waals surface area contributed by atoms with Crippen molar-refractivity contribution in [3.63, 3.8) is 0 Å². The van der Waals surface area contributed by atoms with E-state index in [1.54, 1.807) is 18.2 Å². The Balaban J connectivity index is 1.56. The van der Waals surface area contributed by atoms with E-state index < -0.39 is 0 Å². The van der Waals surface area contributed by atoms with Gasteiger partial charge in [0.1, 0.15) is 11.5 Å². The fraction of sp³-hybridized carbons (Fsp3) is 0.111. The zero-order chi connectivity index (χ0) is 24.9.